The zero-order valence-electron chi connectivity index (χ0n) is 16.5. The fourth-order valence-corrected chi connectivity index (χ4v) is 3.66. The van der Waals surface area contributed by atoms with Crippen molar-refractivity contribution in [3.8, 4) is 23.1 Å². The summed E-state index contributed by atoms with van der Waals surface area (Å²) in [6, 6.07) is 15.1. The Bertz CT molecular complexity index is 1160. The number of pyridine rings is 1. The van der Waals surface area contributed by atoms with Crippen LogP contribution in [0.15, 0.2) is 59.6 Å². The summed E-state index contributed by atoms with van der Waals surface area (Å²) >= 11 is 6.60. The monoisotopic (exact) mass is 477 g/mol. The summed E-state index contributed by atoms with van der Waals surface area (Å²) in [6.45, 7) is 0. The lowest BCUT2D eigenvalue weighted by molar-refractivity contribution is -0.138. The zero-order chi connectivity index (χ0) is 23.3. The van der Waals surface area contributed by atoms with E-state index < -0.39 is 23.2 Å². The van der Waals surface area contributed by atoms with Crippen LogP contribution in [0.5, 0.6) is 5.75 Å². The minimum Gasteiger partial charge on any atom is -0.497 e. The number of halogens is 4. The Kier molecular flexibility index (Phi) is 7.28. The minimum atomic E-state index is -4.77. The Labute approximate surface area is 191 Å². The SMILES string of the molecule is COc1ccc(NC(=O)CSc2nc(-c3ccc(Cl)cc3)cc(C(F)(F)F)c2C#N)cc1. The van der Waals surface area contributed by atoms with Gasteiger partial charge in [-0.3, -0.25) is 4.79 Å². The number of alkyl halides is 3. The Morgan fingerprint density at radius 3 is 2.41 bits per heavy atom. The third kappa shape index (κ3) is 5.72. The lowest BCUT2D eigenvalue weighted by Gasteiger charge is -2.14. The number of carbonyl (C=O) groups is 1. The van der Waals surface area contributed by atoms with Crippen LogP contribution in [0.2, 0.25) is 5.02 Å². The number of benzene rings is 2. The number of rotatable bonds is 6. The van der Waals surface area contributed by atoms with Crippen molar-refractivity contribution in [3.05, 3.63) is 70.7 Å². The molecule has 0 radical (unpaired) electrons. The van der Waals surface area contributed by atoms with Crippen LogP contribution in [0.1, 0.15) is 11.1 Å². The van der Waals surface area contributed by atoms with Crippen LogP contribution in [-0.4, -0.2) is 23.8 Å². The summed E-state index contributed by atoms with van der Waals surface area (Å²) in [5.41, 5.74) is -0.828. The van der Waals surface area contributed by atoms with Crippen LogP contribution in [0.25, 0.3) is 11.3 Å². The Morgan fingerprint density at radius 1 is 1.19 bits per heavy atom. The maximum atomic E-state index is 13.6. The molecule has 0 fully saturated rings. The van der Waals surface area contributed by atoms with Crippen molar-refractivity contribution in [3.63, 3.8) is 0 Å². The number of thioether (sulfide) groups is 1. The highest BCUT2D eigenvalue weighted by Crippen LogP contribution is 2.38. The van der Waals surface area contributed by atoms with E-state index in [1.165, 1.54) is 31.4 Å². The van der Waals surface area contributed by atoms with Crippen LogP contribution < -0.4 is 10.1 Å². The van der Waals surface area contributed by atoms with Crippen molar-refractivity contribution in [1.29, 1.82) is 5.26 Å². The molecule has 0 saturated heterocycles. The molecule has 1 amide bonds. The molecule has 5 nitrogen and oxygen atoms in total. The molecule has 3 rings (SSSR count). The molecule has 164 valence electrons. The smallest absolute Gasteiger partial charge is 0.417 e. The summed E-state index contributed by atoms with van der Waals surface area (Å²) in [6.07, 6.45) is -4.77. The first-order chi connectivity index (χ1) is 15.2. The van der Waals surface area contributed by atoms with Gasteiger partial charge in [0.2, 0.25) is 5.91 Å². The number of carbonyl (C=O) groups excluding carboxylic acids is 1. The maximum absolute atomic E-state index is 13.6. The zero-order valence-corrected chi connectivity index (χ0v) is 18.1. The number of ether oxygens (including phenoxy) is 1. The number of anilines is 1. The van der Waals surface area contributed by atoms with Gasteiger partial charge < -0.3 is 10.1 Å². The molecule has 0 saturated carbocycles. The number of amides is 1. The first-order valence-electron chi connectivity index (χ1n) is 9.06. The van der Waals surface area contributed by atoms with Gasteiger partial charge in [-0.25, -0.2) is 4.98 Å². The van der Waals surface area contributed by atoms with Crippen molar-refractivity contribution in [2.24, 2.45) is 0 Å². The number of nitriles is 1. The van der Waals surface area contributed by atoms with E-state index in [9.17, 15) is 23.2 Å². The summed E-state index contributed by atoms with van der Waals surface area (Å²) in [4.78, 5) is 16.5. The Morgan fingerprint density at radius 2 is 1.84 bits per heavy atom. The summed E-state index contributed by atoms with van der Waals surface area (Å²) in [5, 5.41) is 12.2. The lowest BCUT2D eigenvalue weighted by Crippen LogP contribution is -2.15. The highest BCUT2D eigenvalue weighted by atomic mass is 35.5. The van der Waals surface area contributed by atoms with E-state index >= 15 is 0 Å². The number of methoxy groups -OCH3 is 1. The van der Waals surface area contributed by atoms with Gasteiger partial charge in [0.05, 0.1) is 29.7 Å². The van der Waals surface area contributed by atoms with Gasteiger partial charge in [0, 0.05) is 16.3 Å². The van der Waals surface area contributed by atoms with Crippen molar-refractivity contribution >= 4 is 35.0 Å². The quantitative estimate of drug-likeness (QED) is 0.438. The number of hydrogen-bond donors (Lipinski definition) is 1. The van der Waals surface area contributed by atoms with Crippen molar-refractivity contribution in [2.75, 3.05) is 18.2 Å². The number of nitrogens with one attached hydrogen (secondary N) is 1. The van der Waals surface area contributed by atoms with Gasteiger partial charge in [0.1, 0.15) is 16.8 Å². The third-order valence-corrected chi connectivity index (χ3v) is 5.48. The molecule has 1 N–H and O–H groups in total. The molecule has 0 aliphatic heterocycles. The van der Waals surface area contributed by atoms with Gasteiger partial charge in [-0.05, 0) is 42.5 Å². The Balaban J connectivity index is 1.88. The predicted molar refractivity (Wildman–Crippen MR) is 117 cm³/mol. The van der Waals surface area contributed by atoms with Crippen LogP contribution in [0.4, 0.5) is 18.9 Å². The molecule has 0 atom stereocenters. The van der Waals surface area contributed by atoms with Crippen molar-refractivity contribution in [2.45, 2.75) is 11.2 Å². The average molecular weight is 478 g/mol. The predicted octanol–water partition coefficient (Wildman–Crippen LogP) is 6.03. The molecule has 1 heterocycles. The highest BCUT2D eigenvalue weighted by molar-refractivity contribution is 8.00. The van der Waals surface area contributed by atoms with Gasteiger partial charge in [0.25, 0.3) is 0 Å². The molecule has 0 spiro atoms. The molecule has 32 heavy (non-hydrogen) atoms. The van der Waals surface area contributed by atoms with Crippen LogP contribution in [0.3, 0.4) is 0 Å². The molecule has 1 aromatic heterocycles. The highest BCUT2D eigenvalue weighted by Gasteiger charge is 2.36. The second-order valence-electron chi connectivity index (χ2n) is 6.42. The average Bonchev–Trinajstić information content (AvgIpc) is 2.77. The fourth-order valence-electron chi connectivity index (χ4n) is 2.73. The van der Waals surface area contributed by atoms with Crippen LogP contribution >= 0.6 is 23.4 Å². The number of hydrogen-bond acceptors (Lipinski definition) is 5. The van der Waals surface area contributed by atoms with Crippen molar-refractivity contribution in [1.82, 2.24) is 4.98 Å². The van der Waals surface area contributed by atoms with Crippen molar-refractivity contribution < 1.29 is 22.7 Å². The molecule has 0 bridgehead atoms. The van der Waals surface area contributed by atoms with Gasteiger partial charge in [0.15, 0.2) is 0 Å². The van der Waals surface area contributed by atoms with E-state index in [1.54, 1.807) is 30.3 Å². The normalized spacial score (nSPS) is 11.0. The topological polar surface area (TPSA) is 75.0 Å². The molecule has 10 heteroatoms. The molecule has 0 aliphatic rings. The number of aromatic nitrogens is 1. The van der Waals surface area contributed by atoms with Crippen LogP contribution in [0, 0.1) is 11.3 Å². The van der Waals surface area contributed by atoms with E-state index in [-0.39, 0.29) is 16.5 Å². The Hall–Kier alpha value is -3.22. The minimum absolute atomic E-state index is 0.0195. The molecule has 3 aromatic rings. The number of nitrogens with zero attached hydrogens (tertiary/aromatic N) is 2. The van der Waals surface area contributed by atoms with Gasteiger partial charge in [-0.1, -0.05) is 35.5 Å². The molecular weight excluding hydrogens is 463 g/mol. The maximum Gasteiger partial charge on any atom is 0.417 e. The molecule has 0 unspecified atom stereocenters. The second-order valence-corrected chi connectivity index (χ2v) is 7.82. The van der Waals surface area contributed by atoms with Crippen LogP contribution in [-0.2, 0) is 11.0 Å². The van der Waals surface area contributed by atoms with E-state index in [1.807, 2.05) is 0 Å². The first kappa shape index (κ1) is 23.4. The standard InChI is InChI=1S/C22H15ClF3N3O2S/c1-31-16-8-6-15(7-9-16)28-20(30)12-32-21-17(11-27)18(22(24,25)26)10-19(29-21)13-2-4-14(23)5-3-13/h2-10H,12H2,1H3,(H,28,30). The van der Waals surface area contributed by atoms with E-state index in [2.05, 4.69) is 10.3 Å². The third-order valence-electron chi connectivity index (χ3n) is 4.26. The van der Waals surface area contributed by atoms with E-state index in [4.69, 9.17) is 16.3 Å². The second kappa shape index (κ2) is 9.94. The lowest BCUT2D eigenvalue weighted by atomic mass is 10.1. The summed E-state index contributed by atoms with van der Waals surface area (Å²) < 4.78 is 45.9. The molecule has 2 aromatic carbocycles. The fraction of sp³-hybridized carbons (Fsp3) is 0.136. The summed E-state index contributed by atoms with van der Waals surface area (Å²) in [5.74, 6) is -0.0926. The van der Waals surface area contributed by atoms with Gasteiger partial charge >= 0.3 is 6.18 Å². The summed E-state index contributed by atoms with van der Waals surface area (Å²) in [7, 11) is 1.51. The largest absolute Gasteiger partial charge is 0.497 e. The van der Waals surface area contributed by atoms with E-state index in [0.29, 0.717) is 22.0 Å². The van der Waals surface area contributed by atoms with Gasteiger partial charge in [-0.2, -0.15) is 18.4 Å². The van der Waals surface area contributed by atoms with Gasteiger partial charge in [-0.15, -0.1) is 0 Å². The first-order valence-corrected chi connectivity index (χ1v) is 10.4. The van der Waals surface area contributed by atoms with E-state index in [0.717, 1.165) is 17.8 Å². The molecule has 0 aliphatic carbocycles. The molecular formula is C22H15ClF3N3O2S.